The van der Waals surface area contributed by atoms with Gasteiger partial charge >= 0.3 is 0 Å². The number of quaternary nitrogens is 1. The van der Waals surface area contributed by atoms with Gasteiger partial charge in [-0.3, -0.25) is 9.59 Å². The van der Waals surface area contributed by atoms with Crippen LogP contribution in [0.5, 0.6) is 5.88 Å². The maximum Gasteiger partial charge on any atom is 0.267 e. The third-order valence-corrected chi connectivity index (χ3v) is 4.22. The topological polar surface area (TPSA) is 101 Å². The van der Waals surface area contributed by atoms with Crippen LogP contribution in [0.3, 0.4) is 0 Å². The maximum absolute atomic E-state index is 12.9. The first-order valence-corrected chi connectivity index (χ1v) is 8.88. The molecule has 0 radical (unpaired) electrons. The summed E-state index contributed by atoms with van der Waals surface area (Å²) >= 11 is 0. The third-order valence-electron chi connectivity index (χ3n) is 4.22. The summed E-state index contributed by atoms with van der Waals surface area (Å²) in [5.41, 5.74) is 2.39. The summed E-state index contributed by atoms with van der Waals surface area (Å²) in [4.78, 5) is 30.1. The first-order chi connectivity index (χ1) is 13.5. The number of amides is 1. The summed E-state index contributed by atoms with van der Waals surface area (Å²) in [6.07, 6.45) is 3.22. The predicted octanol–water partition coefficient (Wildman–Crippen LogP) is 0.0760. The van der Waals surface area contributed by atoms with Gasteiger partial charge in [0.2, 0.25) is 11.8 Å². The lowest BCUT2D eigenvalue weighted by molar-refractivity contribution is -0.857. The van der Waals surface area contributed by atoms with Crippen LogP contribution in [0.4, 0.5) is 0 Å². The SMILES string of the molecule is C[NH+](C)CCC(=O)N/N=C/c1c(O)n(-c2ccccn2)c(=O)c2ccccc12. The largest absolute Gasteiger partial charge is 0.494 e. The summed E-state index contributed by atoms with van der Waals surface area (Å²) < 4.78 is 1.13. The van der Waals surface area contributed by atoms with Crippen LogP contribution in [-0.4, -0.2) is 47.4 Å². The summed E-state index contributed by atoms with van der Waals surface area (Å²) in [5, 5.41) is 15.7. The monoisotopic (exact) mass is 380 g/mol. The normalized spacial score (nSPS) is 11.4. The van der Waals surface area contributed by atoms with Crippen molar-refractivity contribution in [3.8, 4) is 11.7 Å². The fraction of sp³-hybridized carbons (Fsp3) is 0.200. The molecule has 2 heterocycles. The molecule has 1 aromatic carbocycles. The van der Waals surface area contributed by atoms with Crippen molar-refractivity contribution in [1.29, 1.82) is 0 Å². The maximum atomic E-state index is 12.9. The zero-order valence-corrected chi connectivity index (χ0v) is 15.7. The van der Waals surface area contributed by atoms with Gasteiger partial charge in [-0.15, -0.1) is 0 Å². The molecule has 0 aliphatic carbocycles. The van der Waals surface area contributed by atoms with Crippen molar-refractivity contribution in [3.05, 3.63) is 64.6 Å². The molecule has 2 aromatic heterocycles. The first-order valence-electron chi connectivity index (χ1n) is 8.88. The molecule has 3 N–H and O–H groups in total. The smallest absolute Gasteiger partial charge is 0.267 e. The van der Waals surface area contributed by atoms with Crippen molar-refractivity contribution >= 4 is 22.9 Å². The molecule has 3 rings (SSSR count). The van der Waals surface area contributed by atoms with E-state index in [2.05, 4.69) is 15.5 Å². The Kier molecular flexibility index (Phi) is 5.81. The Bertz CT molecular complexity index is 1070. The van der Waals surface area contributed by atoms with E-state index in [9.17, 15) is 14.7 Å². The first kappa shape index (κ1) is 19.2. The van der Waals surface area contributed by atoms with Gasteiger partial charge in [0.05, 0.1) is 38.8 Å². The lowest BCUT2D eigenvalue weighted by Gasteiger charge is -2.12. The molecule has 0 aliphatic rings. The van der Waals surface area contributed by atoms with Crippen molar-refractivity contribution in [2.45, 2.75) is 6.42 Å². The number of hydrogen-bond acceptors (Lipinski definition) is 5. The molecular weight excluding hydrogens is 358 g/mol. The van der Waals surface area contributed by atoms with Crippen molar-refractivity contribution in [1.82, 2.24) is 15.0 Å². The minimum absolute atomic E-state index is 0.223. The Morgan fingerprint density at radius 3 is 2.61 bits per heavy atom. The van der Waals surface area contributed by atoms with Gasteiger partial charge in [0.1, 0.15) is 5.82 Å². The highest BCUT2D eigenvalue weighted by molar-refractivity contribution is 6.01. The molecule has 1 amide bonds. The summed E-state index contributed by atoms with van der Waals surface area (Å²) in [7, 11) is 3.92. The van der Waals surface area contributed by atoms with Gasteiger partial charge in [0.15, 0.2) is 0 Å². The fourth-order valence-corrected chi connectivity index (χ4v) is 2.78. The number of nitrogens with one attached hydrogen (secondary N) is 2. The Hall–Kier alpha value is -3.52. The van der Waals surface area contributed by atoms with E-state index < -0.39 is 0 Å². The van der Waals surface area contributed by atoms with Gasteiger partial charge < -0.3 is 10.0 Å². The highest BCUT2D eigenvalue weighted by atomic mass is 16.3. The number of carbonyl (C=O) groups excluding carboxylic acids is 1. The van der Waals surface area contributed by atoms with Gasteiger partial charge in [-0.2, -0.15) is 5.10 Å². The van der Waals surface area contributed by atoms with Crippen LogP contribution in [0, 0.1) is 0 Å². The van der Waals surface area contributed by atoms with E-state index in [1.807, 2.05) is 14.1 Å². The molecule has 8 heteroatoms. The van der Waals surface area contributed by atoms with Crippen LogP contribution >= 0.6 is 0 Å². The number of aromatic hydroxyl groups is 1. The number of nitrogens with zero attached hydrogens (tertiary/aromatic N) is 3. The van der Waals surface area contributed by atoms with E-state index >= 15 is 0 Å². The predicted molar refractivity (Wildman–Crippen MR) is 107 cm³/mol. The molecule has 144 valence electrons. The number of hydrazone groups is 1. The van der Waals surface area contributed by atoms with Gasteiger partial charge in [-0.1, -0.05) is 24.3 Å². The van der Waals surface area contributed by atoms with E-state index in [4.69, 9.17) is 0 Å². The number of rotatable bonds is 6. The minimum Gasteiger partial charge on any atom is -0.494 e. The Morgan fingerprint density at radius 1 is 1.21 bits per heavy atom. The Labute approximate surface area is 161 Å². The zero-order chi connectivity index (χ0) is 20.1. The number of hydrogen-bond donors (Lipinski definition) is 3. The fourth-order valence-electron chi connectivity index (χ4n) is 2.78. The van der Waals surface area contributed by atoms with E-state index in [0.717, 1.165) is 9.47 Å². The van der Waals surface area contributed by atoms with Crippen LogP contribution in [0.2, 0.25) is 0 Å². The van der Waals surface area contributed by atoms with Crippen LogP contribution in [-0.2, 0) is 4.79 Å². The van der Waals surface area contributed by atoms with Gasteiger partial charge in [0.25, 0.3) is 5.56 Å². The van der Waals surface area contributed by atoms with E-state index in [1.165, 1.54) is 12.4 Å². The highest BCUT2D eigenvalue weighted by Crippen LogP contribution is 2.24. The lowest BCUT2D eigenvalue weighted by atomic mass is 10.1. The molecule has 0 fully saturated rings. The number of fused-ring (bicyclic) bond motifs is 1. The quantitative estimate of drug-likeness (QED) is 0.416. The lowest BCUT2D eigenvalue weighted by Crippen LogP contribution is -3.05. The van der Waals surface area contributed by atoms with Crippen molar-refractivity contribution < 1.29 is 14.8 Å². The standard InChI is InChI=1S/C20H21N5O3/c1-24(2)12-10-18(26)23-22-13-16-14-7-3-4-8-15(14)19(27)25(20(16)28)17-9-5-6-11-21-17/h3-9,11,13,28H,10,12H2,1-2H3,(H,23,26)/p+1/b22-13+. The molecular formula is C20H22N5O3+. The van der Waals surface area contributed by atoms with E-state index in [-0.39, 0.29) is 17.3 Å². The Balaban J connectivity index is 2.03. The number of aromatic nitrogens is 2. The summed E-state index contributed by atoms with van der Waals surface area (Å²) in [5.74, 6) is -0.221. The summed E-state index contributed by atoms with van der Waals surface area (Å²) in [6.45, 7) is 0.681. The van der Waals surface area contributed by atoms with Gasteiger partial charge in [-0.05, 0) is 18.2 Å². The summed E-state index contributed by atoms with van der Waals surface area (Å²) in [6, 6.07) is 12.0. The van der Waals surface area contributed by atoms with Crippen LogP contribution in [0.25, 0.3) is 16.6 Å². The number of pyridine rings is 2. The van der Waals surface area contributed by atoms with E-state index in [1.54, 1.807) is 42.5 Å². The average Bonchev–Trinajstić information content (AvgIpc) is 2.70. The third kappa shape index (κ3) is 4.07. The second-order valence-corrected chi connectivity index (χ2v) is 6.61. The van der Waals surface area contributed by atoms with Crippen molar-refractivity contribution in [2.75, 3.05) is 20.6 Å². The molecule has 0 saturated heterocycles. The molecule has 0 spiro atoms. The zero-order valence-electron chi connectivity index (χ0n) is 15.7. The van der Waals surface area contributed by atoms with E-state index in [0.29, 0.717) is 35.1 Å². The molecule has 28 heavy (non-hydrogen) atoms. The number of carbonyl (C=O) groups is 1. The van der Waals surface area contributed by atoms with Crippen molar-refractivity contribution in [3.63, 3.8) is 0 Å². The van der Waals surface area contributed by atoms with Gasteiger partial charge in [-0.25, -0.2) is 15.0 Å². The van der Waals surface area contributed by atoms with Crippen LogP contribution < -0.4 is 15.9 Å². The second kappa shape index (κ2) is 8.45. The second-order valence-electron chi connectivity index (χ2n) is 6.61. The Morgan fingerprint density at radius 2 is 1.93 bits per heavy atom. The molecule has 3 aromatic rings. The molecule has 0 unspecified atom stereocenters. The van der Waals surface area contributed by atoms with Crippen molar-refractivity contribution in [2.24, 2.45) is 5.10 Å². The molecule has 0 bridgehead atoms. The number of benzene rings is 1. The minimum atomic E-state index is -0.387. The molecule has 8 nitrogen and oxygen atoms in total. The highest BCUT2D eigenvalue weighted by Gasteiger charge is 2.16. The van der Waals surface area contributed by atoms with Crippen LogP contribution in [0.1, 0.15) is 12.0 Å². The molecule has 0 aliphatic heterocycles. The van der Waals surface area contributed by atoms with Gasteiger partial charge in [0, 0.05) is 17.0 Å². The molecule has 0 atom stereocenters. The van der Waals surface area contributed by atoms with Crippen LogP contribution in [0.15, 0.2) is 58.6 Å². The molecule has 0 saturated carbocycles. The average molecular weight is 380 g/mol.